The average molecular weight is 462 g/mol. The van der Waals surface area contributed by atoms with Crippen LogP contribution in [-0.2, 0) is 6.18 Å². The van der Waals surface area contributed by atoms with Gasteiger partial charge in [-0.15, -0.1) is 0 Å². The summed E-state index contributed by atoms with van der Waals surface area (Å²) in [4.78, 5) is 24.4. The van der Waals surface area contributed by atoms with E-state index in [0.29, 0.717) is 33.5 Å². The maximum Gasteiger partial charge on any atom is 0.416 e. The number of nitrogens with one attached hydrogen (secondary N) is 1. The summed E-state index contributed by atoms with van der Waals surface area (Å²) in [6, 6.07) is 19.1. The third kappa shape index (κ3) is 4.44. The van der Waals surface area contributed by atoms with E-state index >= 15 is 0 Å². The van der Waals surface area contributed by atoms with Crippen LogP contribution in [0.5, 0.6) is 0 Å². The van der Waals surface area contributed by atoms with Crippen molar-refractivity contribution in [2.75, 3.05) is 23.3 Å². The van der Waals surface area contributed by atoms with Crippen molar-refractivity contribution < 1.29 is 18.0 Å². The van der Waals surface area contributed by atoms with Gasteiger partial charge in [0.05, 0.1) is 22.3 Å². The summed E-state index contributed by atoms with van der Waals surface area (Å²) >= 11 is 0. The summed E-state index contributed by atoms with van der Waals surface area (Å²) in [5.41, 5.74) is 0.659. The number of anilines is 2. The predicted octanol–water partition coefficient (Wildman–Crippen LogP) is 6.17. The smallest absolute Gasteiger partial charge is 0.357 e. The lowest BCUT2D eigenvalue weighted by Gasteiger charge is -2.17. The fraction of sp³-hybridized carbons (Fsp3) is 0.192. The number of halogens is 3. The number of rotatable bonds is 4. The summed E-state index contributed by atoms with van der Waals surface area (Å²) in [5.74, 6) is 0.865. The summed E-state index contributed by atoms with van der Waals surface area (Å²) in [7, 11) is 0. The Bertz CT molecular complexity index is 1360. The highest BCUT2D eigenvalue weighted by Gasteiger charge is 2.30. The molecule has 2 aromatic carbocycles. The molecule has 0 unspecified atom stereocenters. The Hall–Kier alpha value is -3.94. The van der Waals surface area contributed by atoms with Crippen molar-refractivity contribution in [1.29, 1.82) is 0 Å². The Balaban J connectivity index is 1.47. The van der Waals surface area contributed by atoms with Crippen molar-refractivity contribution in [2.24, 2.45) is 0 Å². The van der Waals surface area contributed by atoms with Crippen LogP contribution in [0.25, 0.3) is 22.2 Å². The van der Waals surface area contributed by atoms with Crippen LogP contribution in [0.2, 0.25) is 0 Å². The first-order chi connectivity index (χ1) is 16.4. The van der Waals surface area contributed by atoms with Gasteiger partial charge in [0, 0.05) is 24.0 Å². The zero-order chi connectivity index (χ0) is 23.7. The second kappa shape index (κ2) is 8.78. The normalized spacial score (nSPS) is 13.9. The molecule has 2 aromatic heterocycles. The zero-order valence-corrected chi connectivity index (χ0v) is 18.1. The van der Waals surface area contributed by atoms with E-state index < -0.39 is 11.7 Å². The Morgan fingerprint density at radius 3 is 2.44 bits per heavy atom. The first-order valence-electron chi connectivity index (χ1n) is 11.0. The Morgan fingerprint density at radius 1 is 0.882 bits per heavy atom. The van der Waals surface area contributed by atoms with E-state index in [1.165, 1.54) is 6.07 Å². The standard InChI is InChI=1S/C26H21F3N4O/c27-26(28,29)19-8-3-7-18(16-19)21-13-12-17-6-4-9-20(24(17)30-21)25(34)32-22-10-5-11-23(31-22)33-14-1-2-15-33/h3-13,16H,1-2,14-15H2,(H,31,32,34). The van der Waals surface area contributed by atoms with Gasteiger partial charge in [-0.2, -0.15) is 13.2 Å². The third-order valence-corrected chi connectivity index (χ3v) is 5.86. The minimum absolute atomic E-state index is 0.319. The van der Waals surface area contributed by atoms with E-state index in [0.717, 1.165) is 43.9 Å². The predicted molar refractivity (Wildman–Crippen MR) is 126 cm³/mol. The fourth-order valence-electron chi connectivity index (χ4n) is 4.14. The van der Waals surface area contributed by atoms with Gasteiger partial charge in [-0.25, -0.2) is 9.97 Å². The highest BCUT2D eigenvalue weighted by molar-refractivity contribution is 6.11. The van der Waals surface area contributed by atoms with Crippen molar-refractivity contribution in [1.82, 2.24) is 9.97 Å². The number of aromatic nitrogens is 2. The van der Waals surface area contributed by atoms with Gasteiger partial charge in [0.15, 0.2) is 0 Å². The van der Waals surface area contributed by atoms with Gasteiger partial charge in [0.25, 0.3) is 5.91 Å². The monoisotopic (exact) mass is 462 g/mol. The largest absolute Gasteiger partial charge is 0.416 e. The summed E-state index contributed by atoms with van der Waals surface area (Å²) < 4.78 is 39.5. The molecule has 1 N–H and O–H groups in total. The molecule has 5 nitrogen and oxygen atoms in total. The summed E-state index contributed by atoms with van der Waals surface area (Å²) in [5, 5.41) is 3.55. The van der Waals surface area contributed by atoms with Crippen LogP contribution in [-0.4, -0.2) is 29.0 Å². The van der Waals surface area contributed by atoms with Crippen LogP contribution in [0.4, 0.5) is 24.8 Å². The second-order valence-corrected chi connectivity index (χ2v) is 8.18. The molecule has 8 heteroatoms. The van der Waals surface area contributed by atoms with Crippen LogP contribution in [0, 0.1) is 0 Å². The Labute approximate surface area is 194 Å². The first kappa shape index (κ1) is 21.9. The summed E-state index contributed by atoms with van der Waals surface area (Å²) in [6.45, 7) is 1.88. The number of alkyl halides is 3. The van der Waals surface area contributed by atoms with Gasteiger partial charge in [-0.05, 0) is 49.2 Å². The number of para-hydroxylation sites is 1. The van der Waals surface area contributed by atoms with Crippen LogP contribution in [0.3, 0.4) is 0 Å². The molecule has 3 heterocycles. The van der Waals surface area contributed by atoms with Crippen molar-refractivity contribution in [3.05, 3.63) is 83.9 Å². The van der Waals surface area contributed by atoms with Crippen LogP contribution in [0.15, 0.2) is 72.8 Å². The maximum atomic E-state index is 13.2. The van der Waals surface area contributed by atoms with E-state index in [-0.39, 0.29) is 5.91 Å². The van der Waals surface area contributed by atoms with Crippen LogP contribution >= 0.6 is 0 Å². The molecule has 0 bridgehead atoms. The third-order valence-electron chi connectivity index (χ3n) is 5.86. The quantitative estimate of drug-likeness (QED) is 0.394. The molecule has 0 saturated carbocycles. The van der Waals surface area contributed by atoms with Crippen molar-refractivity contribution in [2.45, 2.75) is 19.0 Å². The number of carbonyl (C=O) groups excluding carboxylic acids is 1. The Kier molecular flexibility index (Phi) is 5.65. The average Bonchev–Trinajstić information content (AvgIpc) is 3.38. The number of benzene rings is 2. The highest BCUT2D eigenvalue weighted by atomic mass is 19.4. The molecule has 34 heavy (non-hydrogen) atoms. The molecule has 5 rings (SSSR count). The summed E-state index contributed by atoms with van der Waals surface area (Å²) in [6.07, 6.45) is -2.21. The van der Waals surface area contributed by atoms with E-state index in [9.17, 15) is 18.0 Å². The van der Waals surface area contributed by atoms with Gasteiger partial charge in [-0.1, -0.05) is 36.4 Å². The van der Waals surface area contributed by atoms with Crippen molar-refractivity contribution in [3.63, 3.8) is 0 Å². The van der Waals surface area contributed by atoms with E-state index in [2.05, 4.69) is 20.2 Å². The van der Waals surface area contributed by atoms with Crippen molar-refractivity contribution >= 4 is 28.4 Å². The molecular formula is C26H21F3N4O. The fourth-order valence-corrected chi connectivity index (χ4v) is 4.14. The van der Waals surface area contributed by atoms with Gasteiger partial charge in [0.2, 0.25) is 0 Å². The van der Waals surface area contributed by atoms with E-state index in [4.69, 9.17) is 0 Å². The number of pyridine rings is 2. The minimum Gasteiger partial charge on any atom is -0.357 e. The molecule has 1 aliphatic rings. The van der Waals surface area contributed by atoms with E-state index in [1.54, 1.807) is 42.5 Å². The molecular weight excluding hydrogens is 441 g/mol. The number of hydrogen-bond donors (Lipinski definition) is 1. The minimum atomic E-state index is -4.45. The number of hydrogen-bond acceptors (Lipinski definition) is 4. The molecule has 172 valence electrons. The lowest BCUT2D eigenvalue weighted by atomic mass is 10.0. The molecule has 1 amide bonds. The Morgan fingerprint density at radius 2 is 1.65 bits per heavy atom. The molecule has 0 spiro atoms. The second-order valence-electron chi connectivity index (χ2n) is 8.18. The maximum absolute atomic E-state index is 13.2. The van der Waals surface area contributed by atoms with Gasteiger partial charge >= 0.3 is 6.18 Å². The topological polar surface area (TPSA) is 58.1 Å². The molecule has 1 fully saturated rings. The molecule has 0 atom stereocenters. The number of nitrogens with zero attached hydrogens (tertiary/aromatic N) is 3. The number of fused-ring (bicyclic) bond motifs is 1. The van der Waals surface area contributed by atoms with Gasteiger partial charge in [0.1, 0.15) is 11.6 Å². The molecule has 4 aromatic rings. The lowest BCUT2D eigenvalue weighted by Crippen LogP contribution is -2.20. The molecule has 0 aliphatic carbocycles. The molecule has 1 aliphatic heterocycles. The van der Waals surface area contributed by atoms with Crippen LogP contribution < -0.4 is 10.2 Å². The highest BCUT2D eigenvalue weighted by Crippen LogP contribution is 2.32. The molecule has 0 radical (unpaired) electrons. The van der Waals surface area contributed by atoms with Gasteiger partial charge in [-0.3, -0.25) is 4.79 Å². The number of carbonyl (C=O) groups is 1. The number of amides is 1. The van der Waals surface area contributed by atoms with Gasteiger partial charge < -0.3 is 10.2 Å². The van der Waals surface area contributed by atoms with Crippen molar-refractivity contribution in [3.8, 4) is 11.3 Å². The molecule has 1 saturated heterocycles. The SMILES string of the molecule is O=C(Nc1cccc(N2CCCC2)n1)c1cccc2ccc(-c3cccc(C(F)(F)F)c3)nc12. The van der Waals surface area contributed by atoms with Crippen LogP contribution in [0.1, 0.15) is 28.8 Å². The zero-order valence-electron chi connectivity index (χ0n) is 18.1. The van der Waals surface area contributed by atoms with E-state index in [1.807, 2.05) is 12.1 Å². The lowest BCUT2D eigenvalue weighted by molar-refractivity contribution is -0.137. The first-order valence-corrected chi connectivity index (χ1v) is 11.0.